The van der Waals surface area contributed by atoms with E-state index >= 15 is 0 Å². The quantitative estimate of drug-likeness (QED) is 0.373. The van der Waals surface area contributed by atoms with Gasteiger partial charge >= 0.3 is 5.97 Å². The molecule has 8 nitrogen and oxygen atoms in total. The van der Waals surface area contributed by atoms with E-state index in [1.54, 1.807) is 33.3 Å². The zero-order valence-corrected chi connectivity index (χ0v) is 21.0. The normalized spacial score (nSPS) is 19.9. The van der Waals surface area contributed by atoms with Crippen LogP contribution in [0.3, 0.4) is 0 Å². The summed E-state index contributed by atoms with van der Waals surface area (Å²) in [6, 6.07) is 3.20. The lowest BCUT2D eigenvalue weighted by molar-refractivity contribution is -0.159. The smallest absolute Gasteiger partial charge is 0.328 e. The molecule has 3 rings (SSSR count). The molecule has 0 N–H and O–H groups in total. The fraction of sp³-hybridized carbons (Fsp3) is 0.692. The molecule has 1 aliphatic heterocycles. The predicted molar refractivity (Wildman–Crippen MR) is 128 cm³/mol. The van der Waals surface area contributed by atoms with Gasteiger partial charge in [0.1, 0.15) is 12.6 Å². The zero-order chi connectivity index (χ0) is 24.5. The second-order valence-corrected chi connectivity index (χ2v) is 9.04. The first-order valence-corrected chi connectivity index (χ1v) is 12.3. The number of rotatable bonds is 10. The third-order valence-electron chi connectivity index (χ3n) is 7.02. The molecule has 1 unspecified atom stereocenters. The number of carbonyl (C=O) groups is 2. The van der Waals surface area contributed by atoms with Crippen LogP contribution in [0.1, 0.15) is 62.8 Å². The van der Waals surface area contributed by atoms with Crippen LogP contribution in [0, 0.1) is 5.92 Å². The minimum atomic E-state index is -0.564. The summed E-state index contributed by atoms with van der Waals surface area (Å²) in [6.07, 6.45) is 7.72. The van der Waals surface area contributed by atoms with E-state index in [-0.39, 0.29) is 30.3 Å². The maximum absolute atomic E-state index is 14.2. The second-order valence-electron chi connectivity index (χ2n) is 9.04. The van der Waals surface area contributed by atoms with E-state index in [9.17, 15) is 9.59 Å². The number of methoxy groups -OCH3 is 4. The first-order valence-electron chi connectivity index (χ1n) is 12.3. The van der Waals surface area contributed by atoms with Gasteiger partial charge in [-0.05, 0) is 55.7 Å². The predicted octanol–water partition coefficient (Wildman–Crippen LogP) is 3.95. The molecular formula is C26H39NO7. The Kier molecular flexibility index (Phi) is 9.86. The van der Waals surface area contributed by atoms with Crippen LogP contribution < -0.4 is 14.2 Å². The van der Waals surface area contributed by atoms with E-state index in [2.05, 4.69) is 0 Å². The molecule has 0 radical (unpaired) electrons. The van der Waals surface area contributed by atoms with Crippen LogP contribution in [-0.4, -0.2) is 71.0 Å². The van der Waals surface area contributed by atoms with Crippen molar-refractivity contribution in [2.75, 3.05) is 48.2 Å². The molecule has 0 bridgehead atoms. The van der Waals surface area contributed by atoms with E-state index in [0.29, 0.717) is 36.8 Å². The molecule has 2 aliphatic rings. The molecule has 190 valence electrons. The number of likely N-dealkylation sites (tertiary alicyclic amines) is 1. The van der Waals surface area contributed by atoms with Crippen molar-refractivity contribution in [1.82, 2.24) is 4.90 Å². The highest BCUT2D eigenvalue weighted by molar-refractivity contribution is 5.89. The summed E-state index contributed by atoms with van der Waals surface area (Å²) < 4.78 is 27.1. The highest BCUT2D eigenvalue weighted by Crippen LogP contribution is 2.45. The number of carbonyl (C=O) groups excluding carboxylic acids is 2. The van der Waals surface area contributed by atoms with Crippen molar-refractivity contribution in [3.8, 4) is 17.2 Å². The molecule has 1 aliphatic carbocycles. The van der Waals surface area contributed by atoms with Gasteiger partial charge in [0, 0.05) is 13.7 Å². The van der Waals surface area contributed by atoms with E-state index in [1.807, 2.05) is 12.1 Å². The fourth-order valence-electron chi connectivity index (χ4n) is 5.31. The highest BCUT2D eigenvalue weighted by Gasteiger charge is 2.40. The van der Waals surface area contributed by atoms with Gasteiger partial charge in [0.15, 0.2) is 11.5 Å². The Morgan fingerprint density at radius 3 is 2.12 bits per heavy atom. The van der Waals surface area contributed by atoms with Gasteiger partial charge in [-0.25, -0.2) is 4.79 Å². The molecule has 1 saturated heterocycles. The standard InChI is InChI=1S/C26H39NO7/c1-30-14-15-34-26(29)20-12-8-9-13-27(20)25(28)23(18-10-6-5-7-11-18)19-16-21(31-2)24(33-4)22(17-19)32-3/h16-18,20,23H,5-15H2,1-4H3/t20-,23?/m0/s1. The topological polar surface area (TPSA) is 83.5 Å². The first kappa shape index (κ1) is 26.1. The van der Waals surface area contributed by atoms with E-state index in [4.69, 9.17) is 23.7 Å². The van der Waals surface area contributed by atoms with Gasteiger partial charge in [0.25, 0.3) is 0 Å². The van der Waals surface area contributed by atoms with Crippen molar-refractivity contribution in [2.45, 2.75) is 63.3 Å². The van der Waals surface area contributed by atoms with Gasteiger partial charge in [-0.15, -0.1) is 0 Å². The van der Waals surface area contributed by atoms with Gasteiger partial charge in [0.2, 0.25) is 11.7 Å². The summed E-state index contributed by atoms with van der Waals surface area (Å²) in [4.78, 5) is 28.8. The van der Waals surface area contributed by atoms with E-state index in [1.165, 1.54) is 6.42 Å². The molecule has 34 heavy (non-hydrogen) atoms. The molecule has 1 saturated carbocycles. The average molecular weight is 478 g/mol. The summed E-state index contributed by atoms with van der Waals surface area (Å²) in [6.45, 7) is 1.08. The van der Waals surface area contributed by atoms with Crippen LogP contribution in [0.15, 0.2) is 12.1 Å². The molecule has 2 fully saturated rings. The van der Waals surface area contributed by atoms with Crippen molar-refractivity contribution in [3.63, 3.8) is 0 Å². The first-order chi connectivity index (χ1) is 16.5. The lowest BCUT2D eigenvalue weighted by atomic mass is 9.75. The van der Waals surface area contributed by atoms with Crippen molar-refractivity contribution >= 4 is 11.9 Å². The Bertz CT molecular complexity index is 796. The maximum atomic E-state index is 14.2. The van der Waals surface area contributed by atoms with Gasteiger partial charge in [-0.1, -0.05) is 19.3 Å². The maximum Gasteiger partial charge on any atom is 0.328 e. The van der Waals surface area contributed by atoms with Crippen LogP contribution in [-0.2, 0) is 19.1 Å². The van der Waals surface area contributed by atoms with Crippen molar-refractivity contribution in [3.05, 3.63) is 17.7 Å². The fourth-order valence-corrected chi connectivity index (χ4v) is 5.31. The van der Waals surface area contributed by atoms with Crippen molar-refractivity contribution in [2.24, 2.45) is 5.92 Å². The van der Waals surface area contributed by atoms with Gasteiger partial charge in [0.05, 0.1) is 33.9 Å². The van der Waals surface area contributed by atoms with Crippen LogP contribution in [0.5, 0.6) is 17.2 Å². The monoisotopic (exact) mass is 477 g/mol. The molecular weight excluding hydrogens is 438 g/mol. The summed E-state index contributed by atoms with van der Waals surface area (Å²) in [7, 11) is 6.29. The van der Waals surface area contributed by atoms with Crippen LogP contribution in [0.4, 0.5) is 0 Å². The summed E-state index contributed by atoms with van der Waals surface area (Å²) in [5, 5.41) is 0. The largest absolute Gasteiger partial charge is 0.493 e. The summed E-state index contributed by atoms with van der Waals surface area (Å²) >= 11 is 0. The molecule has 8 heteroatoms. The molecule has 0 spiro atoms. The lowest BCUT2D eigenvalue weighted by Gasteiger charge is -2.39. The Balaban J connectivity index is 1.97. The second kappa shape index (κ2) is 12.8. The summed E-state index contributed by atoms with van der Waals surface area (Å²) in [5.74, 6) is 0.991. The minimum Gasteiger partial charge on any atom is -0.493 e. The Hall–Kier alpha value is -2.48. The number of benzene rings is 1. The zero-order valence-electron chi connectivity index (χ0n) is 21.0. The number of amides is 1. The number of ether oxygens (including phenoxy) is 5. The Labute approximate surface area is 202 Å². The highest BCUT2D eigenvalue weighted by atomic mass is 16.6. The Morgan fingerprint density at radius 2 is 1.53 bits per heavy atom. The molecule has 1 heterocycles. The van der Waals surface area contributed by atoms with Crippen LogP contribution in [0.25, 0.3) is 0 Å². The van der Waals surface area contributed by atoms with Gasteiger partial charge < -0.3 is 28.6 Å². The van der Waals surface area contributed by atoms with E-state index in [0.717, 1.165) is 44.1 Å². The molecule has 0 aromatic heterocycles. The van der Waals surface area contributed by atoms with Crippen LogP contribution >= 0.6 is 0 Å². The number of nitrogens with zero attached hydrogens (tertiary/aromatic N) is 1. The Morgan fingerprint density at radius 1 is 0.882 bits per heavy atom. The average Bonchev–Trinajstić information content (AvgIpc) is 2.88. The minimum absolute atomic E-state index is 0.0189. The van der Waals surface area contributed by atoms with Gasteiger partial charge in [-0.3, -0.25) is 4.79 Å². The van der Waals surface area contributed by atoms with Crippen LogP contribution in [0.2, 0.25) is 0 Å². The molecule has 1 aromatic carbocycles. The van der Waals surface area contributed by atoms with Crippen molar-refractivity contribution in [1.29, 1.82) is 0 Å². The number of esters is 1. The third kappa shape index (κ3) is 5.95. The summed E-state index contributed by atoms with van der Waals surface area (Å²) in [5.41, 5.74) is 0.837. The van der Waals surface area contributed by atoms with Crippen molar-refractivity contribution < 1.29 is 33.3 Å². The molecule has 1 aromatic rings. The molecule has 2 atom stereocenters. The number of piperidine rings is 1. The number of hydrogen-bond donors (Lipinski definition) is 0. The van der Waals surface area contributed by atoms with Gasteiger partial charge in [-0.2, -0.15) is 0 Å². The molecule has 1 amide bonds. The SMILES string of the molecule is COCCOC(=O)[C@@H]1CCCCN1C(=O)C(c1cc(OC)c(OC)c(OC)c1)C1CCCCC1. The lowest BCUT2D eigenvalue weighted by Crippen LogP contribution is -2.51. The van der Waals surface area contributed by atoms with E-state index < -0.39 is 6.04 Å². The number of hydrogen-bond acceptors (Lipinski definition) is 7. The third-order valence-corrected chi connectivity index (χ3v) is 7.02.